The first kappa shape index (κ1) is 16.8. The summed E-state index contributed by atoms with van der Waals surface area (Å²) in [6.07, 6.45) is 0. The number of fused-ring (bicyclic) bond motifs is 3. The molecule has 5 heteroatoms. The molecular weight excluding hydrogens is 368 g/mol. The molecule has 0 aliphatic carbocycles. The molecule has 25 heavy (non-hydrogen) atoms. The Labute approximate surface area is 162 Å². The smallest absolute Gasteiger partial charge is 0.130 e. The average Bonchev–Trinajstić information content (AvgIpc) is 2.86. The minimum absolute atomic E-state index is 0.171. The number of hydrogen-bond donors (Lipinski definition) is 1. The van der Waals surface area contributed by atoms with E-state index in [1.54, 1.807) is 11.5 Å². The zero-order valence-electron chi connectivity index (χ0n) is 14.6. The van der Waals surface area contributed by atoms with Crippen LogP contribution in [-0.2, 0) is 5.54 Å². The molecule has 2 heterocycles. The number of aromatic nitrogens is 1. The highest BCUT2D eigenvalue weighted by Gasteiger charge is 2.33. The molecule has 0 fully saturated rings. The number of nitrogens with one attached hydrogen (secondary N) is 1. The fraction of sp³-hybridized carbons (Fsp3) is 0.250. The maximum Gasteiger partial charge on any atom is 0.130 e. The molecule has 1 aromatic heterocycles. The van der Waals surface area contributed by atoms with E-state index in [9.17, 15) is 0 Å². The second-order valence-corrected chi connectivity index (χ2v) is 8.88. The Morgan fingerprint density at radius 1 is 1.12 bits per heavy atom. The highest BCUT2D eigenvalue weighted by atomic mass is 35.5. The fourth-order valence-corrected chi connectivity index (χ4v) is 5.15. The van der Waals surface area contributed by atoms with E-state index in [1.807, 2.05) is 6.92 Å². The van der Waals surface area contributed by atoms with Crippen LogP contribution < -0.4 is 5.32 Å². The molecule has 0 saturated heterocycles. The summed E-state index contributed by atoms with van der Waals surface area (Å²) in [6, 6.07) is 12.7. The number of benzene rings is 2. The molecule has 3 aromatic rings. The number of rotatable bonds is 1. The van der Waals surface area contributed by atoms with Crippen molar-refractivity contribution in [3.8, 4) is 16.8 Å². The van der Waals surface area contributed by atoms with Crippen molar-refractivity contribution in [1.82, 2.24) is 3.96 Å². The first-order valence-electron chi connectivity index (χ1n) is 8.20. The number of nitrogens with zero attached hydrogens (tertiary/aromatic N) is 1. The standard InChI is InChI=1S/C20H19ClN2S2/c1-11-5-7-13(8-6-11)23-19(24)17-14-10-16(21)12(2)9-15(14)20(3,4)22-18(17)25-23/h5-10,22H,1-4H3. The molecule has 128 valence electrons. The highest BCUT2D eigenvalue weighted by Crippen LogP contribution is 2.48. The van der Waals surface area contributed by atoms with Gasteiger partial charge in [0.2, 0.25) is 0 Å². The molecule has 0 unspecified atom stereocenters. The second kappa shape index (κ2) is 5.70. The fourth-order valence-electron chi connectivity index (χ4n) is 3.31. The van der Waals surface area contributed by atoms with Gasteiger partial charge < -0.3 is 5.32 Å². The molecule has 1 aliphatic heterocycles. The molecule has 2 nitrogen and oxygen atoms in total. The number of aryl methyl sites for hydroxylation is 2. The second-order valence-electron chi connectivity index (χ2n) is 7.13. The van der Waals surface area contributed by atoms with Gasteiger partial charge in [-0.05, 0) is 74.1 Å². The number of anilines is 1. The van der Waals surface area contributed by atoms with Crippen LogP contribution in [0.1, 0.15) is 30.5 Å². The van der Waals surface area contributed by atoms with Crippen molar-refractivity contribution in [2.45, 2.75) is 33.2 Å². The molecule has 0 radical (unpaired) electrons. The minimum Gasteiger partial charge on any atom is -0.366 e. The van der Waals surface area contributed by atoms with Gasteiger partial charge in [-0.1, -0.05) is 47.6 Å². The van der Waals surface area contributed by atoms with Crippen molar-refractivity contribution in [1.29, 1.82) is 0 Å². The predicted octanol–water partition coefficient (Wildman–Crippen LogP) is 6.87. The summed E-state index contributed by atoms with van der Waals surface area (Å²) in [4.78, 5) is 0. The number of halogens is 1. The van der Waals surface area contributed by atoms with Crippen molar-refractivity contribution in [3.63, 3.8) is 0 Å². The first-order valence-corrected chi connectivity index (χ1v) is 9.76. The Bertz CT molecular complexity index is 1040. The largest absolute Gasteiger partial charge is 0.366 e. The van der Waals surface area contributed by atoms with Crippen LogP contribution in [-0.4, -0.2) is 3.96 Å². The number of hydrogen-bond acceptors (Lipinski definition) is 3. The highest BCUT2D eigenvalue weighted by molar-refractivity contribution is 7.71. The minimum atomic E-state index is -0.171. The van der Waals surface area contributed by atoms with Gasteiger partial charge in [0.1, 0.15) is 9.64 Å². The first-order chi connectivity index (χ1) is 11.8. The summed E-state index contributed by atoms with van der Waals surface area (Å²) in [5.41, 5.74) is 6.71. The van der Waals surface area contributed by atoms with Crippen molar-refractivity contribution in [2.75, 3.05) is 5.32 Å². The van der Waals surface area contributed by atoms with Crippen molar-refractivity contribution < 1.29 is 0 Å². The van der Waals surface area contributed by atoms with E-state index in [2.05, 4.69) is 66.4 Å². The summed E-state index contributed by atoms with van der Waals surface area (Å²) in [7, 11) is 0. The van der Waals surface area contributed by atoms with Crippen LogP contribution in [0.3, 0.4) is 0 Å². The Balaban J connectivity index is 1.99. The van der Waals surface area contributed by atoms with Gasteiger partial charge in [0.25, 0.3) is 0 Å². The van der Waals surface area contributed by atoms with Gasteiger partial charge in [0.15, 0.2) is 0 Å². The van der Waals surface area contributed by atoms with Crippen LogP contribution >= 0.6 is 35.4 Å². The topological polar surface area (TPSA) is 17.0 Å². The summed E-state index contributed by atoms with van der Waals surface area (Å²) >= 11 is 13.9. The summed E-state index contributed by atoms with van der Waals surface area (Å²) in [5, 5.41) is 5.55. The summed E-state index contributed by atoms with van der Waals surface area (Å²) in [6.45, 7) is 8.53. The van der Waals surface area contributed by atoms with Crippen LogP contribution in [0, 0.1) is 18.5 Å². The van der Waals surface area contributed by atoms with Crippen molar-refractivity contribution in [2.24, 2.45) is 0 Å². The zero-order chi connectivity index (χ0) is 17.9. The molecule has 1 N–H and O–H groups in total. The quantitative estimate of drug-likeness (QED) is 0.459. The average molecular weight is 387 g/mol. The van der Waals surface area contributed by atoms with E-state index in [1.165, 1.54) is 11.1 Å². The lowest BCUT2D eigenvalue weighted by Crippen LogP contribution is -2.31. The third-order valence-corrected chi connectivity index (χ3v) is 6.72. The Morgan fingerprint density at radius 3 is 2.48 bits per heavy atom. The molecule has 0 amide bonds. The van der Waals surface area contributed by atoms with Crippen molar-refractivity contribution in [3.05, 3.63) is 62.8 Å². The molecule has 4 rings (SSSR count). The predicted molar refractivity (Wildman–Crippen MR) is 111 cm³/mol. The van der Waals surface area contributed by atoms with Gasteiger partial charge in [-0.15, -0.1) is 0 Å². The molecule has 0 spiro atoms. The maximum atomic E-state index is 6.44. The molecule has 0 bridgehead atoms. The van der Waals surface area contributed by atoms with Crippen LogP contribution in [0.5, 0.6) is 0 Å². The van der Waals surface area contributed by atoms with E-state index in [0.717, 1.165) is 37.0 Å². The summed E-state index contributed by atoms with van der Waals surface area (Å²) in [5.74, 6) is 0. The van der Waals surface area contributed by atoms with Crippen LogP contribution in [0.25, 0.3) is 16.8 Å². The van der Waals surface area contributed by atoms with Gasteiger partial charge in [-0.25, -0.2) is 0 Å². The van der Waals surface area contributed by atoms with Crippen LogP contribution in [0.2, 0.25) is 5.02 Å². The van der Waals surface area contributed by atoms with Gasteiger partial charge >= 0.3 is 0 Å². The van der Waals surface area contributed by atoms with E-state index in [-0.39, 0.29) is 5.54 Å². The van der Waals surface area contributed by atoms with E-state index < -0.39 is 0 Å². The van der Waals surface area contributed by atoms with E-state index in [4.69, 9.17) is 23.8 Å². The normalized spacial score (nSPS) is 14.6. The lowest BCUT2D eigenvalue weighted by molar-refractivity contribution is 0.608. The SMILES string of the molecule is Cc1ccc(-n2sc3c(c2=S)-c2cc(Cl)c(C)cc2C(C)(C)N3)cc1. The Hall–Kier alpha value is -1.62. The molecular formula is C20H19ClN2S2. The Kier molecular flexibility index (Phi) is 3.83. The van der Waals surface area contributed by atoms with Crippen LogP contribution in [0.4, 0.5) is 5.00 Å². The van der Waals surface area contributed by atoms with Gasteiger partial charge in [0, 0.05) is 5.02 Å². The van der Waals surface area contributed by atoms with Gasteiger partial charge in [0.05, 0.1) is 16.8 Å². The Morgan fingerprint density at radius 2 is 1.80 bits per heavy atom. The van der Waals surface area contributed by atoms with Gasteiger partial charge in [-0.3, -0.25) is 3.96 Å². The maximum absolute atomic E-state index is 6.44. The third kappa shape index (κ3) is 2.64. The van der Waals surface area contributed by atoms with Crippen molar-refractivity contribution >= 4 is 40.4 Å². The zero-order valence-corrected chi connectivity index (χ0v) is 17.0. The lowest BCUT2D eigenvalue weighted by Gasteiger charge is -2.34. The van der Waals surface area contributed by atoms with E-state index in [0.29, 0.717) is 0 Å². The monoisotopic (exact) mass is 386 g/mol. The summed E-state index contributed by atoms with van der Waals surface area (Å²) < 4.78 is 2.94. The lowest BCUT2D eigenvalue weighted by atomic mass is 9.84. The molecule has 0 atom stereocenters. The van der Waals surface area contributed by atoms with Gasteiger partial charge in [-0.2, -0.15) is 0 Å². The van der Waals surface area contributed by atoms with Crippen LogP contribution in [0.15, 0.2) is 36.4 Å². The molecule has 0 saturated carbocycles. The van der Waals surface area contributed by atoms with E-state index >= 15 is 0 Å². The molecule has 1 aliphatic rings. The molecule has 2 aromatic carbocycles. The third-order valence-electron chi connectivity index (χ3n) is 4.74.